The van der Waals surface area contributed by atoms with Crippen molar-refractivity contribution in [3.8, 4) is 11.8 Å². The Morgan fingerprint density at radius 2 is 2.07 bits per heavy atom. The Morgan fingerprint density at radius 1 is 1.30 bits per heavy atom. The average molecular weight is 384 g/mol. The number of nitrogens with zero attached hydrogens (tertiary/aromatic N) is 2. The molecule has 1 heterocycles. The van der Waals surface area contributed by atoms with Gasteiger partial charge in [0.25, 0.3) is 5.91 Å². The summed E-state index contributed by atoms with van der Waals surface area (Å²) in [6, 6.07) is 10.5. The minimum absolute atomic E-state index is 0.0431. The van der Waals surface area contributed by atoms with E-state index < -0.39 is 11.4 Å². The summed E-state index contributed by atoms with van der Waals surface area (Å²) in [5.41, 5.74) is 0.813. The minimum Gasteiger partial charge on any atom is -0.497 e. The third-order valence-corrected chi connectivity index (χ3v) is 4.78. The van der Waals surface area contributed by atoms with E-state index in [4.69, 9.17) is 21.6 Å². The number of aromatic nitrogens is 1. The summed E-state index contributed by atoms with van der Waals surface area (Å²) >= 11 is 6.15. The lowest BCUT2D eigenvalue weighted by atomic mass is 10.0. The van der Waals surface area contributed by atoms with E-state index in [9.17, 15) is 9.59 Å². The van der Waals surface area contributed by atoms with Crippen LogP contribution >= 0.6 is 11.6 Å². The van der Waals surface area contributed by atoms with Crippen LogP contribution in [0.3, 0.4) is 0 Å². The number of Topliss-reactive ketones (excluding diaryl/α,β-unsaturated/α-hetero) is 1. The van der Waals surface area contributed by atoms with Gasteiger partial charge in [0.15, 0.2) is 0 Å². The van der Waals surface area contributed by atoms with Crippen molar-refractivity contribution in [1.29, 1.82) is 5.26 Å². The number of ketones is 1. The number of nitrogens with one attached hydrogen (secondary N) is 1. The van der Waals surface area contributed by atoms with Crippen molar-refractivity contribution in [2.75, 3.05) is 7.11 Å². The molecule has 1 amide bonds. The second-order valence-corrected chi connectivity index (χ2v) is 6.95. The van der Waals surface area contributed by atoms with Gasteiger partial charge >= 0.3 is 0 Å². The summed E-state index contributed by atoms with van der Waals surface area (Å²) in [6.45, 7) is 0. The molecule has 0 bridgehead atoms. The van der Waals surface area contributed by atoms with E-state index in [1.807, 2.05) is 0 Å². The lowest BCUT2D eigenvalue weighted by Gasteiger charge is -2.10. The van der Waals surface area contributed by atoms with Crippen LogP contribution < -0.4 is 10.1 Å². The van der Waals surface area contributed by atoms with Crippen molar-refractivity contribution in [2.24, 2.45) is 0 Å². The molecule has 0 saturated heterocycles. The van der Waals surface area contributed by atoms with Crippen LogP contribution in [0.25, 0.3) is 0 Å². The molecule has 0 atom stereocenters. The number of rotatable bonds is 7. The van der Waals surface area contributed by atoms with Crippen LogP contribution in [0.4, 0.5) is 0 Å². The molecule has 1 aromatic heterocycles. The number of hydrogen-bond acceptors (Lipinski definition) is 5. The van der Waals surface area contributed by atoms with Crippen LogP contribution in [-0.2, 0) is 17.6 Å². The van der Waals surface area contributed by atoms with E-state index in [0.29, 0.717) is 34.7 Å². The topological polar surface area (TPSA) is 92.1 Å². The van der Waals surface area contributed by atoms with Crippen molar-refractivity contribution < 1.29 is 14.3 Å². The number of nitriles is 1. The van der Waals surface area contributed by atoms with Crippen molar-refractivity contribution in [3.05, 3.63) is 58.4 Å². The van der Waals surface area contributed by atoms with E-state index >= 15 is 0 Å². The second kappa shape index (κ2) is 7.77. The molecule has 2 aromatic rings. The molecule has 0 unspecified atom stereocenters. The summed E-state index contributed by atoms with van der Waals surface area (Å²) < 4.78 is 5.16. The summed E-state index contributed by atoms with van der Waals surface area (Å²) in [5, 5.41) is 12.3. The molecule has 1 aliphatic rings. The predicted molar refractivity (Wildman–Crippen MR) is 99.7 cm³/mol. The van der Waals surface area contributed by atoms with Crippen LogP contribution in [0.15, 0.2) is 36.5 Å². The molecule has 27 heavy (non-hydrogen) atoms. The van der Waals surface area contributed by atoms with Crippen LogP contribution in [0.1, 0.15) is 34.5 Å². The first-order valence-corrected chi connectivity index (χ1v) is 8.85. The number of ether oxygens (including phenoxy) is 1. The van der Waals surface area contributed by atoms with Gasteiger partial charge in [-0.15, -0.1) is 0 Å². The number of hydrogen-bond donors (Lipinski definition) is 1. The van der Waals surface area contributed by atoms with E-state index in [0.717, 1.165) is 0 Å². The SMILES string of the molecule is COc1ccc(Cl)c(CC(=O)Cc2ccnc(C(=O)NC3(C#N)CC3)c2)c1. The van der Waals surface area contributed by atoms with E-state index in [2.05, 4.69) is 16.4 Å². The average Bonchev–Trinajstić information content (AvgIpc) is 3.43. The fraction of sp³-hybridized carbons (Fsp3) is 0.300. The number of benzene rings is 1. The predicted octanol–water partition coefficient (Wildman–Crippen LogP) is 2.88. The largest absolute Gasteiger partial charge is 0.497 e. The third-order valence-electron chi connectivity index (χ3n) is 4.42. The van der Waals surface area contributed by atoms with Crippen LogP contribution in [-0.4, -0.2) is 29.3 Å². The molecular weight excluding hydrogens is 366 g/mol. The molecule has 0 spiro atoms. The van der Waals surface area contributed by atoms with Crippen molar-refractivity contribution in [1.82, 2.24) is 10.3 Å². The molecule has 3 rings (SSSR count). The molecular formula is C20H18ClN3O3. The fourth-order valence-corrected chi connectivity index (χ4v) is 2.88. The molecule has 0 aliphatic heterocycles. The lowest BCUT2D eigenvalue weighted by molar-refractivity contribution is -0.117. The Balaban J connectivity index is 1.66. The molecule has 1 saturated carbocycles. The summed E-state index contributed by atoms with van der Waals surface area (Å²) in [7, 11) is 1.55. The Morgan fingerprint density at radius 3 is 2.74 bits per heavy atom. The van der Waals surface area contributed by atoms with Gasteiger partial charge < -0.3 is 10.1 Å². The highest BCUT2D eigenvalue weighted by atomic mass is 35.5. The van der Waals surface area contributed by atoms with Crippen LogP contribution in [0, 0.1) is 11.3 Å². The van der Waals surface area contributed by atoms with Gasteiger partial charge in [-0.25, -0.2) is 0 Å². The number of halogens is 1. The van der Waals surface area contributed by atoms with Gasteiger partial charge in [0.1, 0.15) is 22.8 Å². The number of pyridine rings is 1. The van der Waals surface area contributed by atoms with Gasteiger partial charge in [-0.1, -0.05) is 11.6 Å². The maximum atomic E-state index is 12.4. The standard InChI is InChI=1S/C20H18ClN3O3/c1-27-16-2-3-17(21)14(11-16)10-15(25)8-13-4-7-23-18(9-13)19(26)24-20(12-22)5-6-20/h2-4,7,9,11H,5-6,8,10H2,1H3,(H,24,26). The molecule has 1 fully saturated rings. The molecule has 7 heteroatoms. The molecule has 6 nitrogen and oxygen atoms in total. The van der Waals surface area contributed by atoms with Gasteiger partial charge in [-0.05, 0) is 54.3 Å². The van der Waals surface area contributed by atoms with Crippen molar-refractivity contribution in [2.45, 2.75) is 31.2 Å². The smallest absolute Gasteiger partial charge is 0.271 e. The Bertz CT molecular complexity index is 932. The quantitative estimate of drug-likeness (QED) is 0.793. The van der Waals surface area contributed by atoms with Gasteiger partial charge in [-0.3, -0.25) is 14.6 Å². The second-order valence-electron chi connectivity index (χ2n) is 6.55. The van der Waals surface area contributed by atoms with Gasteiger partial charge in [0, 0.05) is 24.1 Å². The highest BCUT2D eigenvalue weighted by Crippen LogP contribution is 2.34. The van der Waals surface area contributed by atoms with Crippen molar-refractivity contribution in [3.63, 3.8) is 0 Å². The molecule has 0 radical (unpaired) electrons. The van der Waals surface area contributed by atoms with Crippen LogP contribution in [0.5, 0.6) is 5.75 Å². The zero-order valence-corrected chi connectivity index (χ0v) is 15.5. The highest BCUT2D eigenvalue weighted by Gasteiger charge is 2.44. The Kier molecular flexibility index (Phi) is 5.43. The maximum absolute atomic E-state index is 12.4. The first kappa shape index (κ1) is 18.9. The lowest BCUT2D eigenvalue weighted by Crippen LogP contribution is -2.36. The van der Waals surface area contributed by atoms with Gasteiger partial charge in [-0.2, -0.15) is 5.26 Å². The van der Waals surface area contributed by atoms with E-state index in [1.54, 1.807) is 37.4 Å². The van der Waals surface area contributed by atoms with E-state index in [1.165, 1.54) is 6.20 Å². The summed E-state index contributed by atoms with van der Waals surface area (Å²) in [5.74, 6) is 0.189. The Labute approximate surface area is 162 Å². The first-order valence-electron chi connectivity index (χ1n) is 8.47. The molecule has 138 valence electrons. The van der Waals surface area contributed by atoms with Gasteiger partial charge in [0.2, 0.25) is 0 Å². The Hall–Kier alpha value is -2.91. The van der Waals surface area contributed by atoms with Gasteiger partial charge in [0.05, 0.1) is 13.2 Å². The first-order chi connectivity index (χ1) is 12.9. The summed E-state index contributed by atoms with van der Waals surface area (Å²) in [4.78, 5) is 28.7. The van der Waals surface area contributed by atoms with Crippen molar-refractivity contribution >= 4 is 23.3 Å². The number of carbonyl (C=O) groups is 2. The van der Waals surface area contributed by atoms with Crippen LogP contribution in [0.2, 0.25) is 5.02 Å². The normalized spacial score (nSPS) is 14.1. The number of carbonyl (C=O) groups excluding carboxylic acids is 2. The molecule has 1 N–H and O–H groups in total. The minimum atomic E-state index is -0.756. The number of amides is 1. The zero-order chi connectivity index (χ0) is 19.4. The molecule has 1 aliphatic carbocycles. The number of methoxy groups -OCH3 is 1. The van der Waals surface area contributed by atoms with E-state index in [-0.39, 0.29) is 24.3 Å². The third kappa shape index (κ3) is 4.63. The highest BCUT2D eigenvalue weighted by molar-refractivity contribution is 6.31. The monoisotopic (exact) mass is 383 g/mol. The molecule has 1 aromatic carbocycles. The fourth-order valence-electron chi connectivity index (χ4n) is 2.70. The summed E-state index contributed by atoms with van der Waals surface area (Å²) in [6.07, 6.45) is 3.10. The maximum Gasteiger partial charge on any atom is 0.271 e. The zero-order valence-electron chi connectivity index (χ0n) is 14.8.